The topological polar surface area (TPSA) is 79.3 Å². The van der Waals surface area contributed by atoms with Gasteiger partial charge in [-0.3, -0.25) is 9.59 Å². The number of nitrogens with zero attached hydrogens (tertiary/aromatic N) is 2. The van der Waals surface area contributed by atoms with Crippen LogP contribution in [-0.4, -0.2) is 68.0 Å². The highest BCUT2D eigenvalue weighted by molar-refractivity contribution is 6.46. The predicted octanol–water partition coefficient (Wildman–Crippen LogP) is 3.22. The van der Waals surface area contributed by atoms with Crippen LogP contribution in [0.25, 0.3) is 5.76 Å². The Balaban J connectivity index is 2.16. The number of amides is 1. The average Bonchev–Trinajstić information content (AvgIpc) is 3.03. The molecule has 0 unspecified atom stereocenters. The predicted molar refractivity (Wildman–Crippen MR) is 118 cm³/mol. The Labute approximate surface area is 186 Å². The fourth-order valence-electron chi connectivity index (χ4n) is 3.83. The molecule has 0 saturated carbocycles. The van der Waals surface area contributed by atoms with Gasteiger partial charge in [0.05, 0.1) is 31.4 Å². The second kappa shape index (κ2) is 9.82. The van der Waals surface area contributed by atoms with Gasteiger partial charge in [-0.25, -0.2) is 4.39 Å². The Hall–Kier alpha value is -3.39. The van der Waals surface area contributed by atoms with E-state index >= 15 is 0 Å². The van der Waals surface area contributed by atoms with E-state index in [1.807, 2.05) is 19.0 Å². The standard InChI is InChI=1S/C24H27FN2O5/c1-26(2)12-7-13-27-21(16-8-5-6-9-18(16)25)20(23(29)24(27)30)22(28)17-11-10-15(31-3)14-19(17)32-4/h5-6,8-11,14,21,28H,7,12-13H2,1-4H3/t21-/m0/s1. The second-order valence-corrected chi connectivity index (χ2v) is 7.74. The van der Waals surface area contributed by atoms with E-state index in [1.165, 1.54) is 43.4 Å². The maximum absolute atomic E-state index is 14.8. The molecule has 0 spiro atoms. The molecule has 2 aromatic carbocycles. The van der Waals surface area contributed by atoms with Gasteiger partial charge in [-0.2, -0.15) is 0 Å². The molecule has 7 nitrogen and oxygen atoms in total. The maximum atomic E-state index is 14.8. The Kier molecular flexibility index (Phi) is 7.15. The van der Waals surface area contributed by atoms with Gasteiger partial charge in [-0.05, 0) is 45.3 Å². The third-order valence-corrected chi connectivity index (χ3v) is 5.41. The number of rotatable bonds is 8. The third-order valence-electron chi connectivity index (χ3n) is 5.41. The number of carbonyl (C=O) groups excluding carboxylic acids is 2. The van der Waals surface area contributed by atoms with E-state index in [0.717, 1.165) is 0 Å². The molecule has 1 saturated heterocycles. The van der Waals surface area contributed by atoms with Crippen molar-refractivity contribution in [2.75, 3.05) is 41.4 Å². The van der Waals surface area contributed by atoms with Crippen molar-refractivity contribution in [2.24, 2.45) is 0 Å². The lowest BCUT2D eigenvalue weighted by Gasteiger charge is -2.26. The largest absolute Gasteiger partial charge is 0.507 e. The van der Waals surface area contributed by atoms with Crippen molar-refractivity contribution in [1.29, 1.82) is 0 Å². The summed E-state index contributed by atoms with van der Waals surface area (Å²) in [5.41, 5.74) is 0.180. The van der Waals surface area contributed by atoms with Gasteiger partial charge < -0.3 is 24.4 Å². The van der Waals surface area contributed by atoms with Crippen molar-refractivity contribution in [2.45, 2.75) is 12.5 Å². The van der Waals surface area contributed by atoms with Crippen LogP contribution in [0.5, 0.6) is 11.5 Å². The Morgan fingerprint density at radius 3 is 2.47 bits per heavy atom. The Morgan fingerprint density at radius 1 is 1.12 bits per heavy atom. The fraction of sp³-hybridized carbons (Fsp3) is 0.333. The fourth-order valence-corrected chi connectivity index (χ4v) is 3.83. The highest BCUT2D eigenvalue weighted by Gasteiger charge is 2.46. The number of likely N-dealkylation sites (tertiary alicyclic amines) is 1. The second-order valence-electron chi connectivity index (χ2n) is 7.74. The lowest BCUT2D eigenvalue weighted by molar-refractivity contribution is -0.140. The molecule has 1 heterocycles. The number of ether oxygens (including phenoxy) is 2. The van der Waals surface area contributed by atoms with Crippen molar-refractivity contribution >= 4 is 17.4 Å². The first-order valence-corrected chi connectivity index (χ1v) is 10.2. The minimum atomic E-state index is -1.05. The van der Waals surface area contributed by atoms with Gasteiger partial charge in [-0.15, -0.1) is 0 Å². The van der Waals surface area contributed by atoms with Crippen LogP contribution in [0.2, 0.25) is 0 Å². The summed E-state index contributed by atoms with van der Waals surface area (Å²) >= 11 is 0. The van der Waals surface area contributed by atoms with E-state index in [4.69, 9.17) is 9.47 Å². The average molecular weight is 442 g/mol. The molecule has 32 heavy (non-hydrogen) atoms. The summed E-state index contributed by atoms with van der Waals surface area (Å²) in [6, 6.07) is 9.58. The van der Waals surface area contributed by atoms with Crippen LogP contribution in [0.3, 0.4) is 0 Å². The summed E-state index contributed by atoms with van der Waals surface area (Å²) in [7, 11) is 6.71. The van der Waals surface area contributed by atoms with E-state index in [2.05, 4.69) is 0 Å². The molecule has 1 aliphatic rings. The van der Waals surface area contributed by atoms with E-state index in [0.29, 0.717) is 18.7 Å². The number of Topliss-reactive ketones (excluding diaryl/α,β-unsaturated/α-hetero) is 1. The van der Waals surface area contributed by atoms with Gasteiger partial charge in [0, 0.05) is 18.2 Å². The smallest absolute Gasteiger partial charge is 0.295 e. The number of hydrogen-bond acceptors (Lipinski definition) is 6. The SMILES string of the molecule is COc1ccc(C(O)=C2C(=O)C(=O)N(CCCN(C)C)[C@H]2c2ccccc2F)c(OC)c1. The van der Waals surface area contributed by atoms with Crippen LogP contribution < -0.4 is 9.47 Å². The first-order chi connectivity index (χ1) is 15.3. The van der Waals surface area contributed by atoms with E-state index in [-0.39, 0.29) is 29.0 Å². The normalized spacial score (nSPS) is 17.8. The summed E-state index contributed by atoms with van der Waals surface area (Å²) in [6.45, 7) is 0.914. The summed E-state index contributed by atoms with van der Waals surface area (Å²) in [4.78, 5) is 29.2. The van der Waals surface area contributed by atoms with E-state index in [1.54, 1.807) is 18.2 Å². The Bertz CT molecular complexity index is 1050. The number of benzene rings is 2. The lowest BCUT2D eigenvalue weighted by atomic mass is 9.94. The molecule has 1 fully saturated rings. The molecule has 170 valence electrons. The molecule has 1 N–H and O–H groups in total. The van der Waals surface area contributed by atoms with Crippen LogP contribution >= 0.6 is 0 Å². The van der Waals surface area contributed by atoms with Crippen LogP contribution in [0, 0.1) is 5.82 Å². The summed E-state index contributed by atoms with van der Waals surface area (Å²) in [5.74, 6) is -1.87. The molecule has 2 aromatic rings. The lowest BCUT2D eigenvalue weighted by Crippen LogP contribution is -2.32. The Morgan fingerprint density at radius 2 is 1.84 bits per heavy atom. The third kappa shape index (κ3) is 4.45. The molecule has 1 amide bonds. The number of aliphatic hydroxyl groups is 1. The molecular weight excluding hydrogens is 415 g/mol. The summed E-state index contributed by atoms with van der Waals surface area (Å²) in [5, 5.41) is 11.2. The van der Waals surface area contributed by atoms with Crippen molar-refractivity contribution in [1.82, 2.24) is 9.80 Å². The molecule has 8 heteroatoms. The first-order valence-electron chi connectivity index (χ1n) is 10.2. The summed E-state index contributed by atoms with van der Waals surface area (Å²) < 4.78 is 25.3. The highest BCUT2D eigenvalue weighted by atomic mass is 19.1. The van der Waals surface area contributed by atoms with Gasteiger partial charge in [0.25, 0.3) is 11.7 Å². The number of aliphatic hydroxyl groups excluding tert-OH is 1. The summed E-state index contributed by atoms with van der Waals surface area (Å²) in [6.07, 6.45) is 0.580. The number of halogens is 1. The number of carbonyl (C=O) groups is 2. The van der Waals surface area contributed by atoms with E-state index in [9.17, 15) is 19.1 Å². The zero-order valence-electron chi connectivity index (χ0n) is 18.6. The molecule has 0 aromatic heterocycles. The van der Waals surface area contributed by atoms with Crippen LogP contribution in [0.1, 0.15) is 23.6 Å². The zero-order chi connectivity index (χ0) is 23.4. The molecule has 0 bridgehead atoms. The maximum Gasteiger partial charge on any atom is 0.295 e. The van der Waals surface area contributed by atoms with Gasteiger partial charge in [0.2, 0.25) is 0 Å². The monoisotopic (exact) mass is 442 g/mol. The van der Waals surface area contributed by atoms with Crippen molar-refractivity contribution in [3.05, 3.63) is 65.0 Å². The van der Waals surface area contributed by atoms with Gasteiger partial charge >= 0.3 is 0 Å². The van der Waals surface area contributed by atoms with Crippen LogP contribution in [0.15, 0.2) is 48.0 Å². The van der Waals surface area contributed by atoms with Gasteiger partial charge in [0.1, 0.15) is 23.1 Å². The van der Waals surface area contributed by atoms with Gasteiger partial charge in [0.15, 0.2) is 0 Å². The van der Waals surface area contributed by atoms with Crippen molar-refractivity contribution < 1.29 is 28.6 Å². The van der Waals surface area contributed by atoms with E-state index < -0.39 is 29.3 Å². The van der Waals surface area contributed by atoms with Crippen LogP contribution in [-0.2, 0) is 9.59 Å². The van der Waals surface area contributed by atoms with Crippen molar-refractivity contribution in [3.63, 3.8) is 0 Å². The first kappa shape index (κ1) is 23.3. The minimum Gasteiger partial charge on any atom is -0.507 e. The number of methoxy groups -OCH3 is 2. The highest BCUT2D eigenvalue weighted by Crippen LogP contribution is 2.42. The molecule has 0 radical (unpaired) electrons. The minimum absolute atomic E-state index is 0.144. The molecule has 1 atom stereocenters. The van der Waals surface area contributed by atoms with Crippen LogP contribution in [0.4, 0.5) is 4.39 Å². The quantitative estimate of drug-likeness (QED) is 0.384. The van der Waals surface area contributed by atoms with Gasteiger partial charge in [-0.1, -0.05) is 18.2 Å². The zero-order valence-corrected chi connectivity index (χ0v) is 18.6. The van der Waals surface area contributed by atoms with Crippen molar-refractivity contribution in [3.8, 4) is 11.5 Å². The number of hydrogen-bond donors (Lipinski definition) is 1. The number of ketones is 1. The molecule has 1 aliphatic heterocycles. The molecule has 0 aliphatic carbocycles. The molecule has 3 rings (SSSR count). The molecular formula is C24H27FN2O5.